The van der Waals surface area contributed by atoms with Crippen molar-refractivity contribution in [3.05, 3.63) is 192 Å². The summed E-state index contributed by atoms with van der Waals surface area (Å²) in [6, 6.07) is 30.3. The molecule has 336 valence electrons. The molecule has 0 atom stereocenters. The third-order valence-electron chi connectivity index (χ3n) is 12.1. The Labute approximate surface area is 424 Å². The van der Waals surface area contributed by atoms with Crippen molar-refractivity contribution in [2.75, 3.05) is 0 Å². The molecule has 0 fully saturated rings. The van der Waals surface area contributed by atoms with Gasteiger partial charge in [0, 0.05) is 39.3 Å². The van der Waals surface area contributed by atoms with E-state index >= 15 is 0 Å². The molecule has 0 saturated heterocycles. The van der Waals surface area contributed by atoms with Gasteiger partial charge in [0.05, 0.1) is 37.6 Å². The third-order valence-corrected chi connectivity index (χ3v) is 12.1. The number of rotatable bonds is 9. The SMILES string of the molecule is [2H]c1nc(-c2cc(-c3ccccc3)cc(-c3cccc4c3nc(-c3cc(C(C)C)cc(C(C)C)c3O)n4-c3ccc(C([2H])([2H])[2H])cc3-c3ccc(C(C)(C)C)cc3)c2)c([2H])c(-c2c([2H])c([2H])c(C(C([2H])([2H])[2H])(C([2H])([2H])[2H])C([2H])([2H])[2H])c([2H])c2[2H])c1[2H]. The molecule has 0 amide bonds. The molecule has 0 aliphatic carbocycles. The lowest BCUT2D eigenvalue weighted by Crippen LogP contribution is -2.10. The average molecular weight is 897 g/mol. The normalized spacial score (nSPS) is 17.0. The van der Waals surface area contributed by atoms with E-state index in [4.69, 9.17) is 26.9 Å². The number of hydrogen-bond acceptors (Lipinski definition) is 3. The fraction of sp³-hybridized carbons (Fsp3) is 0.238. The number of aromatic nitrogens is 3. The van der Waals surface area contributed by atoms with Crippen LogP contribution in [0.3, 0.4) is 0 Å². The molecule has 0 aliphatic heterocycles. The Morgan fingerprint density at radius 1 is 0.582 bits per heavy atom. The quantitative estimate of drug-likeness (QED) is 0.157. The second-order valence-corrected chi connectivity index (χ2v) is 18.7. The summed E-state index contributed by atoms with van der Waals surface area (Å²) in [7, 11) is 0. The van der Waals surface area contributed by atoms with Crippen LogP contribution in [0.15, 0.2) is 164 Å². The molecule has 2 heterocycles. The van der Waals surface area contributed by atoms with Crippen LogP contribution < -0.4 is 0 Å². The number of pyridine rings is 1. The van der Waals surface area contributed by atoms with E-state index < -0.39 is 91.9 Å². The topological polar surface area (TPSA) is 50.9 Å². The molecule has 1 N–H and O–H groups in total. The van der Waals surface area contributed by atoms with Gasteiger partial charge >= 0.3 is 0 Å². The number of para-hydroxylation sites is 1. The highest BCUT2D eigenvalue weighted by molar-refractivity contribution is 5.98. The number of nitrogens with zero attached hydrogens (tertiary/aromatic N) is 3. The van der Waals surface area contributed by atoms with E-state index in [1.807, 2.05) is 109 Å². The molecule has 0 spiro atoms. The fourth-order valence-corrected chi connectivity index (χ4v) is 8.41. The molecule has 0 unspecified atom stereocenters. The first kappa shape index (κ1) is 27.6. The first-order valence-corrected chi connectivity index (χ1v) is 22.3. The lowest BCUT2D eigenvalue weighted by molar-refractivity contribution is 0.466. The van der Waals surface area contributed by atoms with E-state index in [9.17, 15) is 9.22 Å². The van der Waals surface area contributed by atoms with Gasteiger partial charge in [-0.25, -0.2) is 4.98 Å². The van der Waals surface area contributed by atoms with Crippen LogP contribution in [-0.2, 0) is 10.8 Å². The maximum absolute atomic E-state index is 12.5. The predicted molar refractivity (Wildman–Crippen MR) is 283 cm³/mol. The summed E-state index contributed by atoms with van der Waals surface area (Å²) < 4.78 is 167. The van der Waals surface area contributed by atoms with E-state index in [1.54, 1.807) is 30.3 Å². The van der Waals surface area contributed by atoms with Gasteiger partial charge < -0.3 is 5.11 Å². The highest BCUT2D eigenvalue weighted by Crippen LogP contribution is 2.45. The number of aromatic hydroxyl groups is 1. The van der Waals surface area contributed by atoms with Gasteiger partial charge in [-0.3, -0.25) is 9.55 Å². The highest BCUT2D eigenvalue weighted by Gasteiger charge is 2.26. The van der Waals surface area contributed by atoms with Crippen LogP contribution in [0.1, 0.15) is 135 Å². The summed E-state index contributed by atoms with van der Waals surface area (Å²) in [6.45, 7) is 0.0500. The minimum atomic E-state index is -3.95. The second-order valence-electron chi connectivity index (χ2n) is 18.7. The molecule has 7 aromatic carbocycles. The average Bonchev–Trinajstić information content (AvgIpc) is 0.765. The van der Waals surface area contributed by atoms with Crippen molar-refractivity contribution in [3.63, 3.8) is 0 Å². The molecule has 4 nitrogen and oxygen atoms in total. The molecule has 2 aromatic heterocycles. The number of imidazole rings is 1. The lowest BCUT2D eigenvalue weighted by atomic mass is 9.86. The van der Waals surface area contributed by atoms with E-state index in [0.29, 0.717) is 61.5 Å². The van der Waals surface area contributed by atoms with Gasteiger partial charge in [-0.2, -0.15) is 0 Å². The Morgan fingerprint density at radius 3 is 2.00 bits per heavy atom. The molecular formula is C63H63N3O. The fourth-order valence-electron chi connectivity index (χ4n) is 8.41. The maximum Gasteiger partial charge on any atom is 0.149 e. The molecule has 0 bridgehead atoms. The van der Waals surface area contributed by atoms with E-state index in [0.717, 1.165) is 16.7 Å². The van der Waals surface area contributed by atoms with Crippen molar-refractivity contribution in [2.45, 2.75) is 98.5 Å². The summed E-state index contributed by atoms with van der Waals surface area (Å²) in [5, 5.41) is 12.5. The van der Waals surface area contributed by atoms with Crippen molar-refractivity contribution in [3.8, 4) is 78.6 Å². The zero-order chi connectivity index (χ0) is 63.5. The minimum Gasteiger partial charge on any atom is -0.507 e. The Balaban J connectivity index is 1.37. The van der Waals surface area contributed by atoms with Crippen LogP contribution in [0.4, 0.5) is 0 Å². The van der Waals surface area contributed by atoms with Crippen molar-refractivity contribution in [2.24, 2.45) is 0 Å². The van der Waals surface area contributed by atoms with Gasteiger partial charge in [-0.15, -0.1) is 0 Å². The van der Waals surface area contributed by atoms with Gasteiger partial charge in [0.2, 0.25) is 0 Å². The zero-order valence-corrected chi connectivity index (χ0v) is 38.5. The Bertz CT molecular complexity index is 4070. The molecule has 0 aliphatic rings. The third kappa shape index (κ3) is 8.98. The number of benzene rings is 7. The van der Waals surface area contributed by atoms with Crippen molar-refractivity contribution < 1.29 is 31.2 Å². The van der Waals surface area contributed by atoms with E-state index in [-0.39, 0.29) is 39.8 Å². The second kappa shape index (κ2) is 17.6. The van der Waals surface area contributed by atoms with Crippen LogP contribution in [0.2, 0.25) is 0 Å². The molecule has 9 rings (SSSR count). The smallest absolute Gasteiger partial charge is 0.149 e. The van der Waals surface area contributed by atoms with Crippen LogP contribution in [0, 0.1) is 6.85 Å². The molecule has 9 aromatic rings. The summed E-state index contributed by atoms with van der Waals surface area (Å²) in [5.74, 6) is 0.229. The molecule has 0 saturated carbocycles. The summed E-state index contributed by atoms with van der Waals surface area (Å²) >= 11 is 0. The van der Waals surface area contributed by atoms with Crippen LogP contribution in [0.25, 0.3) is 83.9 Å². The van der Waals surface area contributed by atoms with Gasteiger partial charge in [0.25, 0.3) is 0 Å². The largest absolute Gasteiger partial charge is 0.507 e. The molecule has 67 heavy (non-hydrogen) atoms. The van der Waals surface area contributed by atoms with Crippen molar-refractivity contribution in [1.29, 1.82) is 0 Å². The predicted octanol–water partition coefficient (Wildman–Crippen LogP) is 17.3. The van der Waals surface area contributed by atoms with Gasteiger partial charge in [0.1, 0.15) is 11.6 Å². The Hall–Kier alpha value is -7.04. The van der Waals surface area contributed by atoms with Crippen molar-refractivity contribution >= 4 is 11.0 Å². The van der Waals surface area contributed by atoms with Gasteiger partial charge in [0.15, 0.2) is 0 Å². The summed E-state index contributed by atoms with van der Waals surface area (Å²) in [6.07, 6.45) is -0.775. The monoisotopic (exact) mass is 897 g/mol. The lowest BCUT2D eigenvalue weighted by Gasteiger charge is -2.21. The van der Waals surface area contributed by atoms with Crippen molar-refractivity contribution in [1.82, 2.24) is 14.5 Å². The first-order chi connectivity index (χ1) is 39.8. The minimum absolute atomic E-state index is 0.00231. The Kier molecular flexibility index (Phi) is 7.26. The number of phenolic OH excluding ortho intramolecular Hbond substituents is 1. The molecule has 0 radical (unpaired) electrons. The number of hydrogen-bond donors (Lipinski definition) is 1. The van der Waals surface area contributed by atoms with Gasteiger partial charge in [-0.1, -0.05) is 178 Å². The van der Waals surface area contributed by atoms with E-state index in [1.165, 1.54) is 0 Å². The number of phenols is 1. The van der Waals surface area contributed by atoms with E-state index in [2.05, 4.69) is 39.6 Å². The van der Waals surface area contributed by atoms with Crippen LogP contribution in [0.5, 0.6) is 5.75 Å². The molecule has 4 heteroatoms. The van der Waals surface area contributed by atoms with Crippen LogP contribution in [-0.4, -0.2) is 19.6 Å². The van der Waals surface area contributed by atoms with Crippen LogP contribution >= 0.6 is 0 Å². The van der Waals surface area contributed by atoms with Gasteiger partial charge in [-0.05, 0) is 140 Å². The first-order valence-electron chi connectivity index (χ1n) is 31.8. The number of fused-ring (bicyclic) bond motifs is 1. The Morgan fingerprint density at radius 2 is 1.31 bits per heavy atom. The molecular weight excluding hydrogens is 815 g/mol. The summed E-state index contributed by atoms with van der Waals surface area (Å²) in [4.78, 5) is 9.88. The maximum atomic E-state index is 12.5. The standard InChI is InChI=1S/C63H63N3O/c1-39(2)46-36-53(40(3)4)60(67)55(37-46)61-65-59-52(18-15-19-58(59)66(61)57-29-20-41(5)32-54(57)44-23-27-51(28-24-44)63(9,10)11)48-33-47(42-16-13-12-14-17-42)34-49(35-48)56-38-45(30-31-64-56)43-21-25-50(26-22-43)62(6,7)8/h12-40,67H,1-11H3/i5D3,6D3,7D3,8D3,21D,22D,25D,26D,30D,31D,38D. The number of aryl methyl sites for hydroxylation is 1. The summed E-state index contributed by atoms with van der Waals surface area (Å²) in [5.41, 5.74) is 1.14. The zero-order valence-electron chi connectivity index (χ0n) is 57.5. The highest BCUT2D eigenvalue weighted by atomic mass is 16.3.